The largest absolute Gasteiger partial charge is 0.301 e. The molecule has 2 rings (SSSR count). The van der Waals surface area contributed by atoms with E-state index in [1.165, 1.54) is 11.3 Å². The molecule has 0 bridgehead atoms. The number of rotatable bonds is 3. The van der Waals surface area contributed by atoms with Crippen molar-refractivity contribution in [3.8, 4) is 0 Å². The number of anilines is 1. The minimum Gasteiger partial charge on any atom is -0.301 e. The number of nitrogens with one attached hydrogen (secondary N) is 1. The summed E-state index contributed by atoms with van der Waals surface area (Å²) < 4.78 is 2.91. The van der Waals surface area contributed by atoms with Crippen molar-refractivity contribution >= 4 is 80.4 Å². The van der Waals surface area contributed by atoms with E-state index in [2.05, 4.69) is 58.1 Å². The zero-order valence-electron chi connectivity index (χ0n) is 10.2. The molecule has 1 aromatic carbocycles. The first kappa shape index (κ1) is 15.4. The van der Waals surface area contributed by atoms with Gasteiger partial charge in [-0.05, 0) is 34.0 Å². The van der Waals surface area contributed by atoms with E-state index in [0.717, 1.165) is 19.2 Å². The van der Waals surface area contributed by atoms with Crippen molar-refractivity contribution in [2.24, 2.45) is 5.92 Å². The second-order valence-electron chi connectivity index (χ2n) is 4.39. The van der Waals surface area contributed by atoms with Crippen molar-refractivity contribution in [2.75, 3.05) is 5.32 Å². The summed E-state index contributed by atoms with van der Waals surface area (Å²) in [5.74, 6) is 0.166. The highest BCUT2D eigenvalue weighted by atomic mass is 79.9. The van der Waals surface area contributed by atoms with Crippen LogP contribution in [0.4, 0.5) is 5.13 Å². The molecule has 7 heteroatoms. The molecule has 1 N–H and O–H groups in total. The summed E-state index contributed by atoms with van der Waals surface area (Å²) in [6.07, 6.45) is 0. The maximum absolute atomic E-state index is 12.0. The maximum atomic E-state index is 12.0. The number of halogens is 3. The van der Waals surface area contributed by atoms with Crippen LogP contribution in [0.5, 0.6) is 0 Å². The van der Waals surface area contributed by atoms with Crippen molar-refractivity contribution in [3.63, 3.8) is 0 Å². The van der Waals surface area contributed by atoms with Gasteiger partial charge in [-0.2, -0.15) is 0 Å². The van der Waals surface area contributed by atoms with E-state index < -0.39 is 0 Å². The monoisotopic (exact) mass is 468 g/mol. The minimum absolute atomic E-state index is 0.0655. The van der Waals surface area contributed by atoms with Crippen LogP contribution in [-0.2, 0) is 4.79 Å². The Labute approximate surface area is 140 Å². The number of nitrogens with zero attached hydrogens (tertiary/aromatic N) is 1. The molecule has 0 aliphatic carbocycles. The molecule has 0 aliphatic rings. The summed E-state index contributed by atoms with van der Waals surface area (Å²) >= 11 is 11.8. The van der Waals surface area contributed by atoms with Gasteiger partial charge >= 0.3 is 0 Å². The van der Waals surface area contributed by atoms with Gasteiger partial charge < -0.3 is 5.32 Å². The Hall–Kier alpha value is 0.0200. The number of alkyl halides is 1. The van der Waals surface area contributed by atoms with Crippen LogP contribution in [0.3, 0.4) is 0 Å². The van der Waals surface area contributed by atoms with Crippen molar-refractivity contribution < 1.29 is 4.79 Å². The third kappa shape index (κ3) is 3.56. The predicted octanol–water partition coefficient (Wildman–Crippen LogP) is 5.18. The number of amides is 1. The number of hydrogen-bond donors (Lipinski definition) is 1. The van der Waals surface area contributed by atoms with Gasteiger partial charge in [-0.15, -0.1) is 0 Å². The van der Waals surface area contributed by atoms with Crippen LogP contribution in [-0.4, -0.2) is 15.7 Å². The van der Waals surface area contributed by atoms with E-state index in [1.54, 1.807) is 0 Å². The smallest absolute Gasteiger partial charge is 0.240 e. The van der Waals surface area contributed by atoms with Gasteiger partial charge in [0.25, 0.3) is 0 Å². The van der Waals surface area contributed by atoms with Crippen LogP contribution < -0.4 is 5.32 Å². The van der Waals surface area contributed by atoms with Crippen LogP contribution >= 0.6 is 59.1 Å². The molecule has 0 aliphatic heterocycles. The van der Waals surface area contributed by atoms with Crippen LogP contribution in [0, 0.1) is 5.92 Å². The van der Waals surface area contributed by atoms with Gasteiger partial charge in [-0.3, -0.25) is 4.79 Å². The van der Waals surface area contributed by atoms with E-state index in [0.29, 0.717) is 5.13 Å². The molecular formula is C12H11Br3N2OS. The molecule has 102 valence electrons. The first-order valence-corrected chi connectivity index (χ1v) is 8.91. The summed E-state index contributed by atoms with van der Waals surface area (Å²) in [6, 6.07) is 3.93. The first-order valence-electron chi connectivity index (χ1n) is 5.59. The average molecular weight is 471 g/mol. The SMILES string of the molecule is CC(C)[C@H](Br)C(=O)Nc1nc2c(Br)cc(Br)cc2s1. The second-order valence-corrected chi connectivity index (χ2v) is 8.18. The number of thiazole rings is 1. The molecule has 1 aromatic heterocycles. The number of fused-ring (bicyclic) bond motifs is 1. The molecule has 19 heavy (non-hydrogen) atoms. The predicted molar refractivity (Wildman–Crippen MR) is 91.2 cm³/mol. The lowest BCUT2D eigenvalue weighted by molar-refractivity contribution is -0.116. The third-order valence-corrected chi connectivity index (χ3v) is 5.93. The van der Waals surface area contributed by atoms with Gasteiger partial charge in [0, 0.05) is 8.95 Å². The molecule has 0 radical (unpaired) electrons. The van der Waals surface area contributed by atoms with Crippen molar-refractivity contribution in [1.29, 1.82) is 0 Å². The lowest BCUT2D eigenvalue weighted by atomic mass is 10.1. The molecule has 0 unspecified atom stereocenters. The third-order valence-electron chi connectivity index (χ3n) is 2.48. The number of hydrogen-bond acceptors (Lipinski definition) is 3. The van der Waals surface area contributed by atoms with Crippen LogP contribution in [0.2, 0.25) is 0 Å². The normalized spacial score (nSPS) is 12.9. The van der Waals surface area contributed by atoms with Gasteiger partial charge in [0.2, 0.25) is 5.91 Å². The fourth-order valence-corrected chi connectivity index (χ4v) is 4.13. The standard InChI is InChI=1S/C12H11Br3N2OS/c1-5(2)9(15)11(18)17-12-16-10-7(14)3-6(13)4-8(10)19-12/h3-5,9H,1-2H3,(H,16,17,18)/t9-/m0/s1. The highest BCUT2D eigenvalue weighted by Crippen LogP contribution is 2.34. The van der Waals surface area contributed by atoms with Gasteiger partial charge in [0.1, 0.15) is 0 Å². The highest BCUT2D eigenvalue weighted by Gasteiger charge is 2.20. The highest BCUT2D eigenvalue weighted by molar-refractivity contribution is 9.11. The summed E-state index contributed by atoms with van der Waals surface area (Å²) in [5, 5.41) is 3.46. The van der Waals surface area contributed by atoms with E-state index >= 15 is 0 Å². The molecule has 1 amide bonds. The van der Waals surface area contributed by atoms with E-state index in [-0.39, 0.29) is 16.7 Å². The molecule has 0 spiro atoms. The quantitative estimate of drug-likeness (QED) is 0.628. The average Bonchev–Trinajstić information content (AvgIpc) is 2.70. The molecule has 1 atom stereocenters. The summed E-state index contributed by atoms with van der Waals surface area (Å²) in [6.45, 7) is 3.98. The van der Waals surface area contributed by atoms with Crippen LogP contribution in [0.1, 0.15) is 13.8 Å². The van der Waals surface area contributed by atoms with Gasteiger partial charge in [0.15, 0.2) is 5.13 Å². The Morgan fingerprint density at radius 2 is 2.05 bits per heavy atom. The van der Waals surface area contributed by atoms with Crippen LogP contribution in [0.15, 0.2) is 21.1 Å². The van der Waals surface area contributed by atoms with E-state index in [4.69, 9.17) is 0 Å². The zero-order valence-corrected chi connectivity index (χ0v) is 15.8. The number of carbonyl (C=O) groups excluding carboxylic acids is 1. The fourth-order valence-electron chi connectivity index (χ4n) is 1.49. The summed E-state index contributed by atoms with van der Waals surface area (Å²) in [7, 11) is 0. The Morgan fingerprint density at radius 3 is 2.68 bits per heavy atom. The molecule has 2 aromatic rings. The van der Waals surface area contributed by atoms with Gasteiger partial charge in [0.05, 0.1) is 15.0 Å². The zero-order chi connectivity index (χ0) is 14.2. The molecule has 3 nitrogen and oxygen atoms in total. The van der Waals surface area contributed by atoms with Crippen molar-refractivity contribution in [3.05, 3.63) is 21.1 Å². The van der Waals surface area contributed by atoms with E-state index in [9.17, 15) is 4.79 Å². The summed E-state index contributed by atoms with van der Waals surface area (Å²) in [5.41, 5.74) is 0.860. The molecule has 1 heterocycles. The summed E-state index contributed by atoms with van der Waals surface area (Å²) in [4.78, 5) is 16.2. The number of aromatic nitrogens is 1. The van der Waals surface area contributed by atoms with Gasteiger partial charge in [-0.25, -0.2) is 4.98 Å². The Balaban J connectivity index is 2.27. The number of benzene rings is 1. The molecule has 0 saturated carbocycles. The first-order chi connectivity index (χ1) is 8.88. The fraction of sp³-hybridized carbons (Fsp3) is 0.333. The molecule has 0 saturated heterocycles. The van der Waals surface area contributed by atoms with Crippen molar-refractivity contribution in [2.45, 2.75) is 18.7 Å². The van der Waals surface area contributed by atoms with Gasteiger partial charge in [-0.1, -0.05) is 57.0 Å². The maximum Gasteiger partial charge on any atom is 0.240 e. The molecule has 0 fully saturated rings. The second kappa shape index (κ2) is 6.20. The Bertz CT molecular complexity index is 627. The Morgan fingerprint density at radius 1 is 1.37 bits per heavy atom. The number of carbonyl (C=O) groups is 1. The van der Waals surface area contributed by atoms with Crippen molar-refractivity contribution in [1.82, 2.24) is 4.98 Å². The topological polar surface area (TPSA) is 42.0 Å². The molecular weight excluding hydrogens is 460 g/mol. The lowest BCUT2D eigenvalue weighted by Gasteiger charge is -2.11. The van der Waals surface area contributed by atoms with E-state index in [1.807, 2.05) is 26.0 Å². The lowest BCUT2D eigenvalue weighted by Crippen LogP contribution is -2.26. The minimum atomic E-state index is -0.213. The van der Waals surface area contributed by atoms with Crippen LogP contribution in [0.25, 0.3) is 10.2 Å². The Kier molecular flexibility index (Phi) is 5.03.